The molecule has 0 bridgehead atoms. The van der Waals surface area contributed by atoms with E-state index in [1.54, 1.807) is 5.92 Å². The maximum atomic E-state index is 2.32. The van der Waals surface area contributed by atoms with Gasteiger partial charge in [0.2, 0.25) is 0 Å². The number of hydrogen-bond donors (Lipinski definition) is 0. The maximum Gasteiger partial charge on any atom is -0.0238 e. The van der Waals surface area contributed by atoms with Crippen LogP contribution in [0.25, 0.3) is 0 Å². The van der Waals surface area contributed by atoms with Crippen LogP contribution < -0.4 is 0 Å². The Morgan fingerprint density at radius 1 is 1.23 bits per heavy atom. The zero-order chi connectivity index (χ0) is 9.10. The lowest BCUT2D eigenvalue weighted by Gasteiger charge is -2.08. The van der Waals surface area contributed by atoms with E-state index in [9.17, 15) is 0 Å². The van der Waals surface area contributed by atoms with E-state index in [2.05, 4.69) is 37.3 Å². The van der Waals surface area contributed by atoms with Gasteiger partial charge in [0, 0.05) is 0 Å². The van der Waals surface area contributed by atoms with Crippen molar-refractivity contribution in [3.05, 3.63) is 41.8 Å². The Kier molecular flexibility index (Phi) is 2.68. The van der Waals surface area contributed by atoms with Gasteiger partial charge in [0.25, 0.3) is 0 Å². The third-order valence-electron chi connectivity index (χ3n) is 2.93. The van der Waals surface area contributed by atoms with Crippen LogP contribution in [0.1, 0.15) is 31.7 Å². The monoisotopic (exact) mass is 173 g/mol. The molecule has 1 saturated carbocycles. The van der Waals surface area contributed by atoms with E-state index in [-0.39, 0.29) is 0 Å². The first-order chi connectivity index (χ1) is 6.36. The van der Waals surface area contributed by atoms with E-state index in [1.165, 1.54) is 31.2 Å². The van der Waals surface area contributed by atoms with Crippen LogP contribution in [0, 0.1) is 11.8 Å². The summed E-state index contributed by atoms with van der Waals surface area (Å²) in [6.45, 7) is 2.32. The fraction of sp³-hybridized carbons (Fsp3) is 0.462. The quantitative estimate of drug-likeness (QED) is 0.652. The van der Waals surface area contributed by atoms with Crippen molar-refractivity contribution in [2.45, 2.75) is 32.6 Å². The van der Waals surface area contributed by atoms with Gasteiger partial charge < -0.3 is 0 Å². The topological polar surface area (TPSA) is 0 Å². The van der Waals surface area contributed by atoms with E-state index >= 15 is 0 Å². The molecule has 69 valence electrons. The minimum atomic E-state index is 0.976. The van der Waals surface area contributed by atoms with E-state index < -0.39 is 0 Å². The van der Waals surface area contributed by atoms with Crippen molar-refractivity contribution >= 4 is 0 Å². The van der Waals surface area contributed by atoms with Gasteiger partial charge in [0.15, 0.2) is 0 Å². The molecule has 1 fully saturated rings. The summed E-state index contributed by atoms with van der Waals surface area (Å²) >= 11 is 0. The van der Waals surface area contributed by atoms with Crippen LogP contribution in [-0.4, -0.2) is 0 Å². The van der Waals surface area contributed by atoms with Crippen molar-refractivity contribution in [2.24, 2.45) is 5.92 Å². The molecule has 13 heavy (non-hydrogen) atoms. The molecular weight excluding hydrogens is 156 g/mol. The molecule has 0 atom stereocenters. The van der Waals surface area contributed by atoms with Crippen LogP contribution in [-0.2, 0) is 6.42 Å². The molecule has 1 radical (unpaired) electrons. The Morgan fingerprint density at radius 3 is 2.54 bits per heavy atom. The van der Waals surface area contributed by atoms with Crippen molar-refractivity contribution in [1.82, 2.24) is 0 Å². The molecule has 0 aliphatic heterocycles. The second kappa shape index (κ2) is 3.95. The number of benzene rings is 1. The van der Waals surface area contributed by atoms with Crippen LogP contribution in [0.4, 0.5) is 0 Å². The third-order valence-corrected chi connectivity index (χ3v) is 2.93. The lowest BCUT2D eigenvalue weighted by molar-refractivity contribution is 0.716. The molecule has 1 aromatic rings. The highest BCUT2D eigenvalue weighted by molar-refractivity contribution is 5.16. The van der Waals surface area contributed by atoms with Crippen LogP contribution in [0.3, 0.4) is 0 Å². The first-order valence-corrected chi connectivity index (χ1v) is 5.22. The predicted molar refractivity (Wildman–Crippen MR) is 56.4 cm³/mol. The molecule has 0 unspecified atom stereocenters. The highest BCUT2D eigenvalue weighted by Gasteiger charge is 2.27. The van der Waals surface area contributed by atoms with Gasteiger partial charge in [-0.15, -0.1) is 0 Å². The second-order valence-corrected chi connectivity index (χ2v) is 4.11. The SMILES string of the molecule is C[C](CCc1ccccc1)C1CC1. The Balaban J connectivity index is 1.78. The molecule has 0 spiro atoms. The standard InChI is InChI=1S/C13H17/c1-11(13-9-10-13)7-8-12-5-3-2-4-6-12/h2-6,13H,7-10H2,1H3. The summed E-state index contributed by atoms with van der Waals surface area (Å²) in [6, 6.07) is 10.8. The summed E-state index contributed by atoms with van der Waals surface area (Å²) in [6.07, 6.45) is 5.40. The van der Waals surface area contributed by atoms with Gasteiger partial charge in [0.05, 0.1) is 0 Å². The zero-order valence-corrected chi connectivity index (χ0v) is 8.29. The summed E-state index contributed by atoms with van der Waals surface area (Å²) < 4.78 is 0. The van der Waals surface area contributed by atoms with Gasteiger partial charge >= 0.3 is 0 Å². The van der Waals surface area contributed by atoms with Crippen molar-refractivity contribution in [1.29, 1.82) is 0 Å². The number of rotatable bonds is 4. The van der Waals surface area contributed by atoms with Gasteiger partial charge in [-0.2, -0.15) is 0 Å². The highest BCUT2D eigenvalue weighted by Crippen LogP contribution is 2.39. The Bertz CT molecular complexity index is 246. The lowest BCUT2D eigenvalue weighted by Crippen LogP contribution is -1.96. The molecule has 1 aliphatic rings. The van der Waals surface area contributed by atoms with Crippen molar-refractivity contribution in [3.8, 4) is 0 Å². The maximum absolute atomic E-state index is 2.32. The molecule has 0 nitrogen and oxygen atoms in total. The fourth-order valence-electron chi connectivity index (χ4n) is 1.77. The largest absolute Gasteiger partial charge is 0.0622 e. The first kappa shape index (κ1) is 8.80. The minimum Gasteiger partial charge on any atom is -0.0622 e. The van der Waals surface area contributed by atoms with Crippen molar-refractivity contribution < 1.29 is 0 Å². The van der Waals surface area contributed by atoms with Crippen LogP contribution in [0.15, 0.2) is 30.3 Å². The molecule has 0 heteroatoms. The molecule has 2 rings (SSSR count). The average molecular weight is 173 g/mol. The molecular formula is C13H17. The van der Waals surface area contributed by atoms with Gasteiger partial charge in [-0.3, -0.25) is 0 Å². The molecule has 1 aromatic carbocycles. The number of aryl methyl sites for hydroxylation is 1. The summed E-state index contributed by atoms with van der Waals surface area (Å²) in [5.41, 5.74) is 1.47. The van der Waals surface area contributed by atoms with Gasteiger partial charge in [-0.25, -0.2) is 0 Å². The fourth-order valence-corrected chi connectivity index (χ4v) is 1.77. The zero-order valence-electron chi connectivity index (χ0n) is 8.29. The third kappa shape index (κ3) is 2.58. The van der Waals surface area contributed by atoms with E-state index in [4.69, 9.17) is 0 Å². The van der Waals surface area contributed by atoms with Gasteiger partial charge in [0.1, 0.15) is 0 Å². The molecule has 0 aromatic heterocycles. The number of hydrogen-bond acceptors (Lipinski definition) is 0. The Labute approximate surface area is 81.0 Å². The molecule has 0 saturated heterocycles. The summed E-state index contributed by atoms with van der Waals surface area (Å²) in [4.78, 5) is 0. The van der Waals surface area contributed by atoms with E-state index in [1.807, 2.05) is 0 Å². The summed E-state index contributed by atoms with van der Waals surface area (Å²) in [7, 11) is 0. The van der Waals surface area contributed by atoms with Crippen molar-refractivity contribution in [3.63, 3.8) is 0 Å². The van der Waals surface area contributed by atoms with E-state index in [0.717, 1.165) is 5.92 Å². The first-order valence-electron chi connectivity index (χ1n) is 5.22. The van der Waals surface area contributed by atoms with Gasteiger partial charge in [-0.1, -0.05) is 37.3 Å². The summed E-state index contributed by atoms with van der Waals surface area (Å²) in [5.74, 6) is 2.69. The van der Waals surface area contributed by atoms with Crippen LogP contribution >= 0.6 is 0 Å². The lowest BCUT2D eigenvalue weighted by atomic mass is 9.97. The van der Waals surface area contributed by atoms with Crippen molar-refractivity contribution in [2.75, 3.05) is 0 Å². The van der Waals surface area contributed by atoms with Crippen LogP contribution in [0.2, 0.25) is 0 Å². The predicted octanol–water partition coefficient (Wildman–Crippen LogP) is 3.62. The minimum absolute atomic E-state index is 0.976. The van der Waals surface area contributed by atoms with E-state index in [0.29, 0.717) is 0 Å². The summed E-state index contributed by atoms with van der Waals surface area (Å²) in [5, 5.41) is 0. The molecule has 1 aliphatic carbocycles. The molecule has 0 N–H and O–H groups in total. The molecule has 0 amide bonds. The normalized spacial score (nSPS) is 16.5. The van der Waals surface area contributed by atoms with Gasteiger partial charge in [-0.05, 0) is 43.1 Å². The second-order valence-electron chi connectivity index (χ2n) is 4.11. The average Bonchev–Trinajstić information content (AvgIpc) is 2.99. The Hall–Kier alpha value is -0.780. The smallest absolute Gasteiger partial charge is 0.0238 e. The van der Waals surface area contributed by atoms with Crippen LogP contribution in [0.5, 0.6) is 0 Å². The Morgan fingerprint density at radius 2 is 1.92 bits per heavy atom. The highest BCUT2D eigenvalue weighted by atomic mass is 14.3. The molecule has 0 heterocycles.